The Kier molecular flexibility index (Phi) is 4.99. The molecule has 1 fully saturated rings. The molecule has 37 heavy (non-hydrogen) atoms. The molecule has 3 heterocycles. The lowest BCUT2D eigenvalue weighted by Gasteiger charge is -2.38. The number of hydrogen-bond donors (Lipinski definition) is 3. The number of pyridine rings is 1. The molecule has 1 saturated carbocycles. The van der Waals surface area contributed by atoms with E-state index in [-0.39, 0.29) is 12.1 Å². The average molecular weight is 486 g/mol. The smallest absolute Gasteiger partial charge is 0.154 e. The number of para-hydroxylation sites is 1. The zero-order chi connectivity index (χ0) is 25.0. The zero-order valence-corrected chi connectivity index (χ0v) is 20.4. The zero-order valence-electron chi connectivity index (χ0n) is 20.4. The van der Waals surface area contributed by atoms with Gasteiger partial charge < -0.3 is 16.2 Å². The second-order valence-corrected chi connectivity index (χ2v) is 9.95. The van der Waals surface area contributed by atoms with Crippen LogP contribution in [0.25, 0.3) is 39.6 Å². The molecule has 0 unspecified atom stereocenters. The van der Waals surface area contributed by atoms with Crippen LogP contribution in [-0.2, 0) is 12.1 Å². The molecule has 4 N–H and O–H groups in total. The molecule has 0 amide bonds. The van der Waals surface area contributed by atoms with Gasteiger partial charge in [0.05, 0.1) is 29.4 Å². The first kappa shape index (κ1) is 22.0. The average Bonchev–Trinajstić information content (AvgIpc) is 3.26. The molecule has 2 aromatic heterocycles. The van der Waals surface area contributed by atoms with Crippen molar-refractivity contribution < 1.29 is 5.11 Å². The number of anilines is 2. The summed E-state index contributed by atoms with van der Waals surface area (Å²) in [5, 5.41) is 13.1. The first-order valence-electron chi connectivity index (χ1n) is 12.7. The number of nitrogens with zero attached hydrogens (tertiary/aromatic N) is 3. The highest BCUT2D eigenvalue weighted by molar-refractivity contribution is 5.90. The normalized spacial score (nSPS) is 15.0. The number of benzene rings is 3. The van der Waals surface area contributed by atoms with Gasteiger partial charge in [0, 0.05) is 28.4 Å². The summed E-state index contributed by atoms with van der Waals surface area (Å²) in [4.78, 5) is 9.94. The first-order chi connectivity index (χ1) is 18.1. The van der Waals surface area contributed by atoms with Crippen LogP contribution in [0.3, 0.4) is 0 Å². The van der Waals surface area contributed by atoms with Crippen LogP contribution in [0.15, 0.2) is 91.1 Å². The van der Waals surface area contributed by atoms with E-state index in [2.05, 4.69) is 57.3 Å². The van der Waals surface area contributed by atoms with Gasteiger partial charge >= 0.3 is 0 Å². The molecule has 1 aliphatic carbocycles. The molecule has 0 atom stereocenters. The molecular weight excluding hydrogens is 458 g/mol. The van der Waals surface area contributed by atoms with Gasteiger partial charge in [0.2, 0.25) is 0 Å². The van der Waals surface area contributed by atoms with E-state index in [0.717, 1.165) is 69.5 Å². The Morgan fingerprint density at radius 3 is 2.38 bits per heavy atom. The van der Waals surface area contributed by atoms with Gasteiger partial charge in [0.25, 0.3) is 0 Å². The highest BCUT2D eigenvalue weighted by Crippen LogP contribution is 2.45. The third kappa shape index (κ3) is 3.49. The van der Waals surface area contributed by atoms with E-state index in [4.69, 9.17) is 10.7 Å². The summed E-state index contributed by atoms with van der Waals surface area (Å²) in [5.74, 6) is 1.63. The predicted molar refractivity (Wildman–Crippen MR) is 147 cm³/mol. The van der Waals surface area contributed by atoms with Crippen molar-refractivity contribution in [2.24, 2.45) is 5.73 Å². The fourth-order valence-corrected chi connectivity index (χ4v) is 5.47. The van der Waals surface area contributed by atoms with E-state index < -0.39 is 0 Å². The van der Waals surface area contributed by atoms with Crippen LogP contribution in [-0.4, -0.2) is 19.6 Å². The number of fused-ring (bicyclic) bond motifs is 5. The molecule has 2 aliphatic rings. The number of hydrogen-bond acceptors (Lipinski definition) is 5. The lowest BCUT2D eigenvalue weighted by Crippen LogP contribution is -2.43. The van der Waals surface area contributed by atoms with E-state index in [1.54, 1.807) is 6.20 Å². The van der Waals surface area contributed by atoms with Crippen molar-refractivity contribution in [2.45, 2.75) is 31.4 Å². The van der Waals surface area contributed by atoms with Gasteiger partial charge in [-0.1, -0.05) is 60.7 Å². The molecule has 6 nitrogen and oxygen atoms in total. The van der Waals surface area contributed by atoms with Gasteiger partial charge in [0.1, 0.15) is 5.82 Å². The molecule has 0 spiro atoms. The Morgan fingerprint density at radius 2 is 1.65 bits per heavy atom. The van der Waals surface area contributed by atoms with Crippen LogP contribution >= 0.6 is 0 Å². The lowest BCUT2D eigenvalue weighted by atomic mass is 9.72. The summed E-state index contributed by atoms with van der Waals surface area (Å²) >= 11 is 0. The maximum Gasteiger partial charge on any atom is 0.154 e. The van der Waals surface area contributed by atoms with Crippen LogP contribution in [0.4, 0.5) is 11.5 Å². The quantitative estimate of drug-likeness (QED) is 0.278. The number of nitrogens with two attached hydrogens (primary N) is 1. The summed E-state index contributed by atoms with van der Waals surface area (Å²) < 4.78 is 2.22. The largest absolute Gasteiger partial charge is 0.392 e. The third-order valence-corrected chi connectivity index (χ3v) is 7.71. The highest BCUT2D eigenvalue weighted by Gasteiger charge is 2.34. The molecule has 5 aromatic rings. The van der Waals surface area contributed by atoms with E-state index in [1.165, 1.54) is 12.0 Å². The van der Waals surface area contributed by atoms with Crippen molar-refractivity contribution in [3.63, 3.8) is 0 Å². The molecule has 1 aliphatic heterocycles. The molecule has 0 saturated heterocycles. The van der Waals surface area contributed by atoms with Gasteiger partial charge in [-0.15, -0.1) is 0 Å². The minimum atomic E-state index is -0.213. The number of rotatable bonds is 4. The van der Waals surface area contributed by atoms with Crippen molar-refractivity contribution in [2.75, 3.05) is 5.32 Å². The summed E-state index contributed by atoms with van der Waals surface area (Å²) in [6.45, 7) is 0.00716. The molecule has 7 rings (SSSR count). The van der Waals surface area contributed by atoms with Gasteiger partial charge in [-0.3, -0.25) is 4.57 Å². The van der Waals surface area contributed by atoms with Gasteiger partial charge in [-0.05, 0) is 54.7 Å². The van der Waals surface area contributed by atoms with Crippen LogP contribution in [0.2, 0.25) is 0 Å². The van der Waals surface area contributed by atoms with E-state index in [1.807, 2.05) is 42.5 Å². The number of aliphatic hydroxyl groups is 1. The molecular formula is C31H27N5O. The fourth-order valence-electron chi connectivity index (χ4n) is 5.47. The minimum Gasteiger partial charge on any atom is -0.392 e. The summed E-state index contributed by atoms with van der Waals surface area (Å²) in [6, 6.07) is 28.9. The van der Waals surface area contributed by atoms with E-state index >= 15 is 0 Å². The van der Waals surface area contributed by atoms with Crippen LogP contribution in [0, 0.1) is 0 Å². The van der Waals surface area contributed by atoms with Gasteiger partial charge in [0.15, 0.2) is 5.82 Å². The first-order valence-corrected chi connectivity index (χ1v) is 12.7. The summed E-state index contributed by atoms with van der Waals surface area (Å²) in [6.07, 6.45) is 5.04. The van der Waals surface area contributed by atoms with Crippen molar-refractivity contribution >= 4 is 11.5 Å². The lowest BCUT2D eigenvalue weighted by molar-refractivity contribution is 0.253. The van der Waals surface area contributed by atoms with Gasteiger partial charge in [-0.25, -0.2) is 9.97 Å². The number of aromatic nitrogens is 3. The second-order valence-electron chi connectivity index (χ2n) is 9.95. The molecule has 182 valence electrons. The van der Waals surface area contributed by atoms with E-state index in [0.29, 0.717) is 0 Å². The number of nitrogens with one attached hydrogen (secondary N) is 1. The Balaban J connectivity index is 1.51. The second kappa shape index (κ2) is 8.40. The standard InChI is InChI=1S/C31H27N5O/c32-31(16-4-17-31)23-14-12-22(13-15-23)28-27(21-10-8-20(19-37)9-11-21)35-30-24-5-1-2-6-25(24)34-29-26(36(28)30)7-3-18-33-29/h1-3,5-15,18,37H,4,16-17,19,32H2,(H,33,34). The van der Waals surface area contributed by atoms with Gasteiger partial charge in [-0.2, -0.15) is 0 Å². The maximum atomic E-state index is 9.59. The SMILES string of the molecule is NC1(c2ccc(-c3c(-c4ccc(CO)cc4)nc4n3-c3cccnc3Nc3ccccc3-4)cc2)CCC1. The van der Waals surface area contributed by atoms with Crippen molar-refractivity contribution in [1.82, 2.24) is 14.5 Å². The van der Waals surface area contributed by atoms with Crippen molar-refractivity contribution in [1.29, 1.82) is 0 Å². The number of imidazole rings is 1. The molecule has 3 aromatic carbocycles. The molecule has 0 bridgehead atoms. The highest BCUT2D eigenvalue weighted by atomic mass is 16.3. The Labute approximate surface area is 215 Å². The minimum absolute atomic E-state index is 0.00716. The Morgan fingerprint density at radius 1 is 0.892 bits per heavy atom. The maximum absolute atomic E-state index is 9.59. The van der Waals surface area contributed by atoms with Crippen molar-refractivity contribution in [3.8, 4) is 39.6 Å². The van der Waals surface area contributed by atoms with Crippen molar-refractivity contribution in [3.05, 3.63) is 102 Å². The summed E-state index contributed by atoms with van der Waals surface area (Å²) in [7, 11) is 0. The Hall–Kier alpha value is -4.26. The summed E-state index contributed by atoms with van der Waals surface area (Å²) in [5.41, 5.74) is 15.3. The predicted octanol–water partition coefficient (Wildman–Crippen LogP) is 6.16. The monoisotopic (exact) mass is 485 g/mol. The van der Waals surface area contributed by atoms with E-state index in [9.17, 15) is 5.11 Å². The fraction of sp³-hybridized carbons (Fsp3) is 0.161. The van der Waals surface area contributed by atoms with Crippen LogP contribution in [0.1, 0.15) is 30.4 Å². The molecule has 6 heteroatoms. The Bertz CT molecular complexity index is 1620. The molecule has 0 radical (unpaired) electrons. The third-order valence-electron chi connectivity index (χ3n) is 7.71. The number of aliphatic hydroxyl groups excluding tert-OH is 1. The van der Waals surface area contributed by atoms with Crippen LogP contribution < -0.4 is 11.1 Å². The topological polar surface area (TPSA) is 89.0 Å². The van der Waals surface area contributed by atoms with Crippen LogP contribution in [0.5, 0.6) is 0 Å².